The maximum Gasteiger partial charge on any atom is 0.246 e. The van der Waals surface area contributed by atoms with E-state index >= 15 is 0 Å². The third-order valence-corrected chi connectivity index (χ3v) is 5.80. The molecule has 148 valence electrons. The highest BCUT2D eigenvalue weighted by molar-refractivity contribution is 7.14. The van der Waals surface area contributed by atoms with Gasteiger partial charge >= 0.3 is 0 Å². The van der Waals surface area contributed by atoms with Gasteiger partial charge in [0, 0.05) is 28.9 Å². The summed E-state index contributed by atoms with van der Waals surface area (Å²) in [5.41, 5.74) is 2.42. The summed E-state index contributed by atoms with van der Waals surface area (Å²) in [4.78, 5) is 43.6. The SMILES string of the molecule is Cc1ccc(C(=O)CCc2cn(-c3ccc(N4CC(=O)NCC4=O)cc3)cn2)s1. The Bertz CT molecular complexity index is 1070. The van der Waals surface area contributed by atoms with Crippen LogP contribution in [0.15, 0.2) is 48.9 Å². The van der Waals surface area contributed by atoms with E-state index in [0.717, 1.165) is 21.1 Å². The minimum Gasteiger partial charge on any atom is -0.345 e. The lowest BCUT2D eigenvalue weighted by atomic mass is 10.1. The van der Waals surface area contributed by atoms with Gasteiger partial charge in [-0.05, 0) is 49.7 Å². The first-order chi connectivity index (χ1) is 14.0. The van der Waals surface area contributed by atoms with Gasteiger partial charge in [0.05, 0.1) is 23.4 Å². The summed E-state index contributed by atoms with van der Waals surface area (Å²) in [5.74, 6) is -0.162. The monoisotopic (exact) mass is 408 g/mol. The van der Waals surface area contributed by atoms with Crippen molar-refractivity contribution < 1.29 is 14.4 Å². The topological polar surface area (TPSA) is 84.3 Å². The third-order valence-electron chi connectivity index (χ3n) is 4.76. The standard InChI is InChI=1S/C21H20N4O3S/c1-14-2-9-19(29-14)18(26)8-3-15-11-24(13-23-15)16-4-6-17(7-5-16)25-12-20(27)22-10-21(25)28/h2,4-7,9,11,13H,3,8,10,12H2,1H3,(H,22,27). The first-order valence-electron chi connectivity index (χ1n) is 9.29. The molecule has 0 bridgehead atoms. The highest BCUT2D eigenvalue weighted by atomic mass is 32.1. The van der Waals surface area contributed by atoms with Crippen LogP contribution < -0.4 is 10.2 Å². The average molecular weight is 408 g/mol. The first-order valence-corrected chi connectivity index (χ1v) is 10.1. The molecular weight excluding hydrogens is 388 g/mol. The number of hydrogen-bond donors (Lipinski definition) is 1. The van der Waals surface area contributed by atoms with E-state index in [1.807, 2.05) is 54.1 Å². The Morgan fingerprint density at radius 1 is 1.14 bits per heavy atom. The second-order valence-corrected chi connectivity index (χ2v) is 8.17. The number of rotatable bonds is 6. The van der Waals surface area contributed by atoms with Gasteiger partial charge < -0.3 is 14.8 Å². The van der Waals surface area contributed by atoms with E-state index in [0.29, 0.717) is 18.5 Å². The second kappa shape index (κ2) is 8.00. The molecule has 1 aliphatic heterocycles. The van der Waals surface area contributed by atoms with Gasteiger partial charge in [0.2, 0.25) is 11.8 Å². The van der Waals surface area contributed by atoms with Crippen molar-refractivity contribution in [3.8, 4) is 5.69 Å². The smallest absolute Gasteiger partial charge is 0.246 e. The number of Topliss-reactive ketones (excluding diaryl/α,β-unsaturated/α-hetero) is 1. The number of thiophene rings is 1. The van der Waals surface area contributed by atoms with Gasteiger partial charge in [0.15, 0.2) is 5.78 Å². The number of aromatic nitrogens is 2. The molecule has 0 saturated carbocycles. The van der Waals surface area contributed by atoms with Crippen molar-refractivity contribution in [1.82, 2.24) is 14.9 Å². The number of ketones is 1. The molecule has 7 nitrogen and oxygen atoms in total. The van der Waals surface area contributed by atoms with Gasteiger partial charge in [-0.2, -0.15) is 0 Å². The van der Waals surface area contributed by atoms with E-state index in [-0.39, 0.29) is 30.7 Å². The van der Waals surface area contributed by atoms with E-state index in [9.17, 15) is 14.4 Å². The Morgan fingerprint density at radius 3 is 2.62 bits per heavy atom. The summed E-state index contributed by atoms with van der Waals surface area (Å²) < 4.78 is 1.88. The van der Waals surface area contributed by atoms with Gasteiger partial charge in [-0.25, -0.2) is 4.98 Å². The summed E-state index contributed by atoms with van der Waals surface area (Å²) in [6.07, 6.45) is 4.62. The van der Waals surface area contributed by atoms with Crippen LogP contribution in [0.4, 0.5) is 5.69 Å². The summed E-state index contributed by atoms with van der Waals surface area (Å²) in [6.45, 7) is 2.05. The van der Waals surface area contributed by atoms with Crippen LogP contribution in [0, 0.1) is 6.92 Å². The van der Waals surface area contributed by atoms with Crippen LogP contribution in [0.2, 0.25) is 0 Å². The van der Waals surface area contributed by atoms with Crippen LogP contribution in [0.5, 0.6) is 0 Å². The lowest BCUT2D eigenvalue weighted by Gasteiger charge is -2.26. The molecule has 8 heteroatoms. The largest absolute Gasteiger partial charge is 0.345 e. The number of nitrogens with one attached hydrogen (secondary N) is 1. The minimum atomic E-state index is -0.166. The van der Waals surface area contributed by atoms with Crippen molar-refractivity contribution >= 4 is 34.6 Å². The van der Waals surface area contributed by atoms with Crippen molar-refractivity contribution in [3.63, 3.8) is 0 Å². The Kier molecular flexibility index (Phi) is 5.26. The molecule has 2 amide bonds. The number of aryl methyl sites for hydroxylation is 2. The molecule has 0 radical (unpaired) electrons. The maximum atomic E-state index is 12.3. The number of anilines is 1. The van der Waals surface area contributed by atoms with E-state index in [2.05, 4.69) is 10.3 Å². The predicted molar refractivity (Wildman–Crippen MR) is 111 cm³/mol. The fraction of sp³-hybridized carbons (Fsp3) is 0.238. The van der Waals surface area contributed by atoms with Crippen LogP contribution in [-0.4, -0.2) is 40.2 Å². The normalized spacial score (nSPS) is 14.2. The van der Waals surface area contributed by atoms with Crippen molar-refractivity contribution in [1.29, 1.82) is 0 Å². The van der Waals surface area contributed by atoms with Crippen molar-refractivity contribution in [3.05, 3.63) is 64.4 Å². The molecule has 0 unspecified atom stereocenters. The molecule has 4 rings (SSSR count). The lowest BCUT2D eigenvalue weighted by Crippen LogP contribution is -2.51. The number of piperazine rings is 1. The second-order valence-electron chi connectivity index (χ2n) is 6.88. The molecule has 3 aromatic rings. The molecule has 3 heterocycles. The lowest BCUT2D eigenvalue weighted by molar-refractivity contribution is -0.128. The van der Waals surface area contributed by atoms with Crippen LogP contribution in [0.25, 0.3) is 5.69 Å². The minimum absolute atomic E-state index is 0.0230. The van der Waals surface area contributed by atoms with Crippen LogP contribution in [0.1, 0.15) is 26.7 Å². The number of imidazole rings is 1. The predicted octanol–water partition coefficient (Wildman–Crippen LogP) is 2.52. The molecular formula is C21H20N4O3S. The van der Waals surface area contributed by atoms with E-state index < -0.39 is 0 Å². The average Bonchev–Trinajstić information content (AvgIpc) is 3.37. The first kappa shape index (κ1) is 19.1. The van der Waals surface area contributed by atoms with Crippen LogP contribution >= 0.6 is 11.3 Å². The summed E-state index contributed by atoms with van der Waals surface area (Å²) in [5, 5.41) is 2.54. The van der Waals surface area contributed by atoms with Crippen molar-refractivity contribution in [2.45, 2.75) is 19.8 Å². The van der Waals surface area contributed by atoms with Crippen molar-refractivity contribution in [2.24, 2.45) is 0 Å². The zero-order chi connectivity index (χ0) is 20.4. The molecule has 1 fully saturated rings. The number of carbonyl (C=O) groups is 3. The van der Waals surface area contributed by atoms with Crippen LogP contribution in [0.3, 0.4) is 0 Å². The van der Waals surface area contributed by atoms with E-state index in [1.165, 1.54) is 16.2 Å². The number of hydrogen-bond acceptors (Lipinski definition) is 5. The highest BCUT2D eigenvalue weighted by Crippen LogP contribution is 2.20. The highest BCUT2D eigenvalue weighted by Gasteiger charge is 2.24. The molecule has 0 spiro atoms. The summed E-state index contributed by atoms with van der Waals surface area (Å²) in [6, 6.07) is 11.2. The van der Waals surface area contributed by atoms with Gasteiger partial charge in [-0.3, -0.25) is 14.4 Å². The van der Waals surface area contributed by atoms with Gasteiger partial charge in [-0.15, -0.1) is 11.3 Å². The Morgan fingerprint density at radius 2 is 1.90 bits per heavy atom. The Hall–Kier alpha value is -3.26. The van der Waals surface area contributed by atoms with E-state index in [4.69, 9.17) is 0 Å². The van der Waals surface area contributed by atoms with Crippen molar-refractivity contribution in [2.75, 3.05) is 18.0 Å². The van der Waals surface area contributed by atoms with Crippen LogP contribution in [-0.2, 0) is 16.0 Å². The summed E-state index contributed by atoms with van der Waals surface area (Å²) in [7, 11) is 0. The molecule has 1 aliphatic rings. The molecule has 1 aromatic carbocycles. The van der Waals surface area contributed by atoms with Gasteiger partial charge in [0.1, 0.15) is 6.54 Å². The number of benzene rings is 1. The summed E-state index contributed by atoms with van der Waals surface area (Å²) >= 11 is 1.52. The van der Waals surface area contributed by atoms with E-state index in [1.54, 1.807) is 6.33 Å². The Labute approximate surface area is 172 Å². The number of nitrogens with zero attached hydrogens (tertiary/aromatic N) is 3. The fourth-order valence-corrected chi connectivity index (χ4v) is 4.02. The third kappa shape index (κ3) is 4.27. The Balaban J connectivity index is 1.40. The van der Waals surface area contributed by atoms with Gasteiger partial charge in [-0.1, -0.05) is 0 Å². The number of carbonyl (C=O) groups excluding carboxylic acids is 3. The molecule has 0 atom stereocenters. The quantitative estimate of drug-likeness (QED) is 0.635. The zero-order valence-corrected chi connectivity index (χ0v) is 16.7. The molecule has 29 heavy (non-hydrogen) atoms. The molecule has 1 N–H and O–H groups in total. The number of amides is 2. The maximum absolute atomic E-state index is 12.3. The molecule has 0 aliphatic carbocycles. The van der Waals surface area contributed by atoms with Gasteiger partial charge in [0.25, 0.3) is 0 Å². The fourth-order valence-electron chi connectivity index (χ4n) is 3.18. The molecule has 1 saturated heterocycles. The zero-order valence-electron chi connectivity index (χ0n) is 15.9. The molecule has 2 aromatic heterocycles.